The molecule has 0 saturated heterocycles. The fraction of sp³-hybridized carbons (Fsp3) is 0.176. The zero-order valence-electron chi connectivity index (χ0n) is 13.4. The van der Waals surface area contributed by atoms with Crippen LogP contribution < -0.4 is 11.1 Å². The maximum Gasteiger partial charge on any atom is 0.416 e. The Labute approximate surface area is 140 Å². The van der Waals surface area contributed by atoms with Gasteiger partial charge in [0.1, 0.15) is 0 Å². The SMILES string of the molecule is Cc1nc2oc(C(=O)Nc3cccc(C(F)(F)F)c3)cc2c(C)c1N. The number of rotatable bonds is 2. The van der Waals surface area contributed by atoms with Crippen LogP contribution in [0.2, 0.25) is 0 Å². The number of pyridine rings is 1. The van der Waals surface area contributed by atoms with Crippen molar-refractivity contribution in [1.29, 1.82) is 0 Å². The van der Waals surface area contributed by atoms with Crippen molar-refractivity contribution >= 4 is 28.4 Å². The highest BCUT2D eigenvalue weighted by Gasteiger charge is 2.30. The van der Waals surface area contributed by atoms with Crippen molar-refractivity contribution in [3.8, 4) is 0 Å². The van der Waals surface area contributed by atoms with Gasteiger partial charge in [0.15, 0.2) is 5.76 Å². The van der Waals surface area contributed by atoms with Gasteiger partial charge in [-0.3, -0.25) is 4.79 Å². The van der Waals surface area contributed by atoms with E-state index in [1.165, 1.54) is 18.2 Å². The molecule has 130 valence electrons. The molecule has 0 unspecified atom stereocenters. The van der Waals surface area contributed by atoms with E-state index < -0.39 is 17.6 Å². The maximum absolute atomic E-state index is 12.7. The number of aromatic nitrogens is 1. The average molecular weight is 349 g/mol. The van der Waals surface area contributed by atoms with Crippen LogP contribution >= 0.6 is 0 Å². The molecule has 1 amide bonds. The molecule has 0 saturated carbocycles. The van der Waals surface area contributed by atoms with Gasteiger partial charge in [0, 0.05) is 11.1 Å². The quantitative estimate of drug-likeness (QED) is 0.723. The van der Waals surface area contributed by atoms with Crippen LogP contribution in [-0.4, -0.2) is 10.9 Å². The molecule has 0 radical (unpaired) electrons. The zero-order valence-corrected chi connectivity index (χ0v) is 13.4. The number of carbonyl (C=O) groups is 1. The number of carbonyl (C=O) groups excluding carboxylic acids is 1. The van der Waals surface area contributed by atoms with E-state index in [1.807, 2.05) is 0 Å². The van der Waals surface area contributed by atoms with Crippen LogP contribution in [-0.2, 0) is 6.18 Å². The molecule has 5 nitrogen and oxygen atoms in total. The van der Waals surface area contributed by atoms with E-state index >= 15 is 0 Å². The number of alkyl halides is 3. The molecule has 8 heteroatoms. The normalized spacial score (nSPS) is 11.7. The van der Waals surface area contributed by atoms with Gasteiger partial charge in [0.25, 0.3) is 5.91 Å². The van der Waals surface area contributed by atoms with Crippen LogP contribution in [0.25, 0.3) is 11.1 Å². The van der Waals surface area contributed by atoms with Crippen LogP contribution in [0.4, 0.5) is 24.5 Å². The molecule has 2 aromatic heterocycles. The van der Waals surface area contributed by atoms with Gasteiger partial charge in [-0.2, -0.15) is 13.2 Å². The van der Waals surface area contributed by atoms with Crippen LogP contribution in [0.5, 0.6) is 0 Å². The number of nitrogens with zero attached hydrogens (tertiary/aromatic N) is 1. The summed E-state index contributed by atoms with van der Waals surface area (Å²) in [5, 5.41) is 2.97. The predicted octanol–water partition coefficient (Wildman–Crippen LogP) is 4.30. The molecule has 0 atom stereocenters. The molecule has 3 aromatic rings. The summed E-state index contributed by atoms with van der Waals surface area (Å²) < 4.78 is 43.6. The fourth-order valence-electron chi connectivity index (χ4n) is 2.44. The lowest BCUT2D eigenvalue weighted by atomic mass is 10.1. The minimum absolute atomic E-state index is 0.0145. The average Bonchev–Trinajstić information content (AvgIpc) is 2.96. The molecule has 0 aliphatic rings. The van der Waals surface area contributed by atoms with Crippen molar-refractivity contribution in [3.05, 3.63) is 52.9 Å². The van der Waals surface area contributed by atoms with Crippen LogP contribution in [0.3, 0.4) is 0 Å². The third-order valence-electron chi connectivity index (χ3n) is 3.85. The van der Waals surface area contributed by atoms with Gasteiger partial charge in [-0.1, -0.05) is 6.07 Å². The summed E-state index contributed by atoms with van der Waals surface area (Å²) in [5.74, 6) is -0.735. The van der Waals surface area contributed by atoms with Gasteiger partial charge in [0.05, 0.1) is 16.9 Å². The number of nitrogen functional groups attached to an aromatic ring is 1. The molecule has 0 aliphatic carbocycles. The summed E-state index contributed by atoms with van der Waals surface area (Å²) in [6.07, 6.45) is -4.49. The topological polar surface area (TPSA) is 81.2 Å². The number of hydrogen-bond donors (Lipinski definition) is 2. The highest BCUT2D eigenvalue weighted by atomic mass is 19.4. The summed E-state index contributed by atoms with van der Waals surface area (Å²) in [5.41, 5.74) is 7.11. The first-order valence-electron chi connectivity index (χ1n) is 7.31. The number of halogens is 3. The van der Waals surface area contributed by atoms with E-state index in [-0.39, 0.29) is 17.2 Å². The third kappa shape index (κ3) is 3.15. The third-order valence-corrected chi connectivity index (χ3v) is 3.85. The smallest absolute Gasteiger partial charge is 0.416 e. The van der Waals surface area contributed by atoms with Crippen molar-refractivity contribution in [2.75, 3.05) is 11.1 Å². The Morgan fingerprint density at radius 1 is 1.24 bits per heavy atom. The maximum atomic E-state index is 12.7. The Morgan fingerprint density at radius 3 is 2.64 bits per heavy atom. The largest absolute Gasteiger partial charge is 0.433 e. The molecule has 0 spiro atoms. The highest BCUT2D eigenvalue weighted by molar-refractivity contribution is 6.05. The first-order valence-corrected chi connectivity index (χ1v) is 7.31. The summed E-state index contributed by atoms with van der Waals surface area (Å²) in [7, 11) is 0. The molecule has 2 heterocycles. The van der Waals surface area contributed by atoms with Gasteiger partial charge in [-0.05, 0) is 43.7 Å². The Bertz CT molecular complexity index is 977. The molecule has 0 fully saturated rings. The highest BCUT2D eigenvalue weighted by Crippen LogP contribution is 2.31. The molecular weight excluding hydrogens is 335 g/mol. The van der Waals surface area contributed by atoms with Crippen LogP contribution in [0.1, 0.15) is 27.4 Å². The Hall–Kier alpha value is -3.03. The second-order valence-corrected chi connectivity index (χ2v) is 5.60. The van der Waals surface area contributed by atoms with E-state index in [0.29, 0.717) is 16.8 Å². The number of anilines is 2. The summed E-state index contributed by atoms with van der Waals surface area (Å²) >= 11 is 0. The summed E-state index contributed by atoms with van der Waals surface area (Å²) in [4.78, 5) is 16.5. The van der Waals surface area contributed by atoms with Gasteiger partial charge in [-0.15, -0.1) is 0 Å². The number of benzene rings is 1. The van der Waals surface area contributed by atoms with Crippen molar-refractivity contribution in [2.45, 2.75) is 20.0 Å². The van der Waals surface area contributed by atoms with E-state index in [1.54, 1.807) is 13.8 Å². The Morgan fingerprint density at radius 2 is 1.96 bits per heavy atom. The number of nitrogens with one attached hydrogen (secondary N) is 1. The van der Waals surface area contributed by atoms with Crippen LogP contribution in [0.15, 0.2) is 34.7 Å². The van der Waals surface area contributed by atoms with Gasteiger partial charge >= 0.3 is 6.18 Å². The first kappa shape index (κ1) is 16.8. The number of fused-ring (bicyclic) bond motifs is 1. The Balaban J connectivity index is 1.92. The number of furan rings is 1. The van der Waals surface area contributed by atoms with Crippen LogP contribution in [0, 0.1) is 13.8 Å². The minimum Gasteiger partial charge on any atom is -0.433 e. The molecule has 3 N–H and O–H groups in total. The van der Waals surface area contributed by atoms with E-state index in [0.717, 1.165) is 17.7 Å². The van der Waals surface area contributed by atoms with Crippen molar-refractivity contribution < 1.29 is 22.4 Å². The van der Waals surface area contributed by atoms with E-state index in [9.17, 15) is 18.0 Å². The first-order chi connectivity index (χ1) is 11.7. The van der Waals surface area contributed by atoms with Crippen molar-refractivity contribution in [3.63, 3.8) is 0 Å². The second kappa shape index (κ2) is 5.80. The summed E-state index contributed by atoms with van der Waals surface area (Å²) in [6, 6.07) is 5.83. The number of amides is 1. The Kier molecular flexibility index (Phi) is 3.90. The van der Waals surface area contributed by atoms with Gasteiger partial charge in [0.2, 0.25) is 5.71 Å². The van der Waals surface area contributed by atoms with Crippen molar-refractivity contribution in [1.82, 2.24) is 4.98 Å². The predicted molar refractivity (Wildman–Crippen MR) is 87.3 cm³/mol. The molecule has 0 aliphatic heterocycles. The molecular formula is C17H14F3N3O2. The second-order valence-electron chi connectivity index (χ2n) is 5.60. The number of nitrogens with two attached hydrogens (primary N) is 1. The lowest BCUT2D eigenvalue weighted by molar-refractivity contribution is -0.137. The molecule has 1 aromatic carbocycles. The standard InChI is InChI=1S/C17H14F3N3O2/c1-8-12-7-13(25-16(12)22-9(2)14(8)21)15(24)23-11-5-3-4-10(6-11)17(18,19)20/h3-7H,21H2,1-2H3,(H,23,24). The molecule has 25 heavy (non-hydrogen) atoms. The number of aryl methyl sites for hydroxylation is 2. The minimum atomic E-state index is -4.49. The lowest BCUT2D eigenvalue weighted by Crippen LogP contribution is -2.12. The number of hydrogen-bond acceptors (Lipinski definition) is 4. The monoisotopic (exact) mass is 349 g/mol. The lowest BCUT2D eigenvalue weighted by Gasteiger charge is -2.09. The van der Waals surface area contributed by atoms with Gasteiger partial charge < -0.3 is 15.5 Å². The zero-order chi connectivity index (χ0) is 18.4. The van der Waals surface area contributed by atoms with E-state index in [4.69, 9.17) is 10.2 Å². The summed E-state index contributed by atoms with van der Waals surface area (Å²) in [6.45, 7) is 3.49. The molecule has 0 bridgehead atoms. The van der Waals surface area contributed by atoms with E-state index in [2.05, 4.69) is 10.3 Å². The molecule has 3 rings (SSSR count). The van der Waals surface area contributed by atoms with Crippen molar-refractivity contribution in [2.24, 2.45) is 0 Å². The fourth-order valence-corrected chi connectivity index (χ4v) is 2.44. The van der Waals surface area contributed by atoms with Gasteiger partial charge in [-0.25, -0.2) is 4.98 Å².